The predicted molar refractivity (Wildman–Crippen MR) is 89.3 cm³/mol. The van der Waals surface area contributed by atoms with Crippen LogP contribution in [0.1, 0.15) is 13.3 Å². The molecule has 2 aromatic rings. The second-order valence-corrected chi connectivity index (χ2v) is 4.89. The standard InChI is InChI=1S/C18H21NO4/c1-4-15(23-14-8-6-5-7-9-14)18(20)19-13-10-11-16(21-2)17(12-13)22-3/h5-12,15H,4H2,1-3H3,(H,19,20)/t15-/m1/s1. The first-order valence-corrected chi connectivity index (χ1v) is 7.42. The third-order valence-corrected chi connectivity index (χ3v) is 3.34. The largest absolute Gasteiger partial charge is 0.493 e. The number of ether oxygens (including phenoxy) is 3. The number of rotatable bonds is 7. The van der Waals surface area contributed by atoms with E-state index >= 15 is 0 Å². The van der Waals surface area contributed by atoms with Gasteiger partial charge in [0.15, 0.2) is 17.6 Å². The van der Waals surface area contributed by atoms with Crippen molar-refractivity contribution in [1.29, 1.82) is 0 Å². The maximum absolute atomic E-state index is 12.4. The third-order valence-electron chi connectivity index (χ3n) is 3.34. The van der Waals surface area contributed by atoms with E-state index in [1.54, 1.807) is 32.4 Å². The molecule has 1 N–H and O–H groups in total. The normalized spacial score (nSPS) is 11.4. The quantitative estimate of drug-likeness (QED) is 0.849. The molecule has 0 aliphatic rings. The van der Waals surface area contributed by atoms with Gasteiger partial charge >= 0.3 is 0 Å². The number of methoxy groups -OCH3 is 2. The number of anilines is 1. The number of hydrogen-bond donors (Lipinski definition) is 1. The summed E-state index contributed by atoms with van der Waals surface area (Å²) in [7, 11) is 3.12. The van der Waals surface area contributed by atoms with Gasteiger partial charge in [-0.3, -0.25) is 4.79 Å². The zero-order valence-corrected chi connectivity index (χ0v) is 13.5. The Labute approximate surface area is 136 Å². The Bertz CT molecular complexity index is 643. The Balaban J connectivity index is 2.07. The van der Waals surface area contributed by atoms with E-state index in [-0.39, 0.29) is 5.91 Å². The van der Waals surface area contributed by atoms with Gasteiger partial charge in [0.1, 0.15) is 5.75 Å². The average Bonchev–Trinajstić information content (AvgIpc) is 2.60. The molecule has 0 saturated carbocycles. The van der Waals surface area contributed by atoms with Crippen LogP contribution < -0.4 is 19.5 Å². The van der Waals surface area contributed by atoms with Crippen molar-refractivity contribution in [3.05, 3.63) is 48.5 Å². The van der Waals surface area contributed by atoms with Gasteiger partial charge in [-0.15, -0.1) is 0 Å². The Morgan fingerprint density at radius 1 is 1.04 bits per heavy atom. The van der Waals surface area contributed by atoms with Crippen molar-refractivity contribution in [3.8, 4) is 17.2 Å². The van der Waals surface area contributed by atoms with Gasteiger partial charge in [-0.25, -0.2) is 0 Å². The molecular formula is C18H21NO4. The summed E-state index contributed by atoms with van der Waals surface area (Å²) in [5.41, 5.74) is 0.628. The SMILES string of the molecule is CC[C@@H](Oc1ccccc1)C(=O)Nc1ccc(OC)c(OC)c1. The molecule has 23 heavy (non-hydrogen) atoms. The Morgan fingerprint density at radius 2 is 1.74 bits per heavy atom. The van der Waals surface area contributed by atoms with Crippen LogP contribution in [0, 0.1) is 0 Å². The lowest BCUT2D eigenvalue weighted by atomic mass is 10.2. The molecule has 0 saturated heterocycles. The van der Waals surface area contributed by atoms with Gasteiger partial charge < -0.3 is 19.5 Å². The molecule has 1 amide bonds. The molecule has 2 aromatic carbocycles. The smallest absolute Gasteiger partial charge is 0.265 e. The molecule has 1 atom stereocenters. The van der Waals surface area contributed by atoms with Gasteiger partial charge in [0.25, 0.3) is 5.91 Å². The Morgan fingerprint density at radius 3 is 2.35 bits per heavy atom. The molecule has 0 fully saturated rings. The third kappa shape index (κ3) is 4.39. The highest BCUT2D eigenvalue weighted by Crippen LogP contribution is 2.29. The van der Waals surface area contributed by atoms with Crippen molar-refractivity contribution in [1.82, 2.24) is 0 Å². The number of benzene rings is 2. The van der Waals surface area contributed by atoms with E-state index in [1.165, 1.54) is 0 Å². The van der Waals surface area contributed by atoms with Gasteiger partial charge in [0.2, 0.25) is 0 Å². The lowest BCUT2D eigenvalue weighted by Gasteiger charge is -2.18. The van der Waals surface area contributed by atoms with E-state index < -0.39 is 6.10 Å². The van der Waals surface area contributed by atoms with E-state index in [0.29, 0.717) is 29.4 Å². The van der Waals surface area contributed by atoms with Crippen molar-refractivity contribution in [3.63, 3.8) is 0 Å². The average molecular weight is 315 g/mol. The molecule has 0 bridgehead atoms. The summed E-state index contributed by atoms with van der Waals surface area (Å²) < 4.78 is 16.1. The summed E-state index contributed by atoms with van der Waals surface area (Å²) in [6, 6.07) is 14.5. The van der Waals surface area contributed by atoms with Gasteiger partial charge in [-0.05, 0) is 30.7 Å². The van der Waals surface area contributed by atoms with Crippen molar-refractivity contribution in [2.24, 2.45) is 0 Å². The first kappa shape index (κ1) is 16.7. The highest BCUT2D eigenvalue weighted by molar-refractivity contribution is 5.94. The first-order valence-electron chi connectivity index (χ1n) is 7.42. The van der Waals surface area contributed by atoms with Crippen LogP contribution >= 0.6 is 0 Å². The zero-order valence-electron chi connectivity index (χ0n) is 13.5. The van der Waals surface area contributed by atoms with Crippen LogP contribution in [0.5, 0.6) is 17.2 Å². The maximum Gasteiger partial charge on any atom is 0.265 e. The number of carbonyl (C=O) groups is 1. The summed E-state index contributed by atoms with van der Waals surface area (Å²) in [4.78, 5) is 12.4. The molecule has 5 heteroatoms. The monoisotopic (exact) mass is 315 g/mol. The van der Waals surface area contributed by atoms with Crippen molar-refractivity contribution in [2.75, 3.05) is 19.5 Å². The molecule has 2 rings (SSSR count). The van der Waals surface area contributed by atoms with E-state index in [9.17, 15) is 4.79 Å². The molecule has 0 spiro atoms. The minimum Gasteiger partial charge on any atom is -0.493 e. The van der Waals surface area contributed by atoms with Crippen LogP contribution in [0.25, 0.3) is 0 Å². The van der Waals surface area contributed by atoms with Gasteiger partial charge in [-0.1, -0.05) is 25.1 Å². The van der Waals surface area contributed by atoms with Crippen LogP contribution in [0.15, 0.2) is 48.5 Å². The molecule has 122 valence electrons. The molecule has 0 radical (unpaired) electrons. The second kappa shape index (κ2) is 8.08. The summed E-state index contributed by atoms with van der Waals surface area (Å²) in [6.45, 7) is 1.90. The highest BCUT2D eigenvalue weighted by Gasteiger charge is 2.19. The number of carbonyl (C=O) groups excluding carboxylic acids is 1. The minimum absolute atomic E-state index is 0.205. The van der Waals surface area contributed by atoms with E-state index in [1.807, 2.05) is 37.3 Å². The molecule has 0 aliphatic carbocycles. The second-order valence-electron chi connectivity index (χ2n) is 4.89. The first-order chi connectivity index (χ1) is 11.2. The Hall–Kier alpha value is -2.69. The molecular weight excluding hydrogens is 294 g/mol. The van der Waals surface area contributed by atoms with Gasteiger partial charge in [0, 0.05) is 11.8 Å². The summed E-state index contributed by atoms with van der Waals surface area (Å²) >= 11 is 0. The van der Waals surface area contributed by atoms with Crippen molar-refractivity contribution in [2.45, 2.75) is 19.4 Å². The fraction of sp³-hybridized carbons (Fsp3) is 0.278. The summed E-state index contributed by atoms with van der Waals surface area (Å²) in [5.74, 6) is 1.63. The van der Waals surface area contributed by atoms with E-state index in [4.69, 9.17) is 14.2 Å². The zero-order chi connectivity index (χ0) is 16.7. The lowest BCUT2D eigenvalue weighted by Crippen LogP contribution is -2.32. The minimum atomic E-state index is -0.564. The summed E-state index contributed by atoms with van der Waals surface area (Å²) in [6.07, 6.45) is -0.000846. The van der Waals surface area contributed by atoms with Gasteiger partial charge in [-0.2, -0.15) is 0 Å². The Kier molecular flexibility index (Phi) is 5.86. The summed E-state index contributed by atoms with van der Waals surface area (Å²) in [5, 5.41) is 2.84. The van der Waals surface area contributed by atoms with Crippen LogP contribution in [0.4, 0.5) is 5.69 Å². The molecule has 5 nitrogen and oxygen atoms in total. The van der Waals surface area contributed by atoms with E-state index in [0.717, 1.165) is 0 Å². The van der Waals surface area contributed by atoms with Gasteiger partial charge in [0.05, 0.1) is 14.2 Å². The van der Waals surface area contributed by atoms with Crippen LogP contribution in [-0.4, -0.2) is 26.2 Å². The number of amides is 1. The molecule has 0 heterocycles. The predicted octanol–water partition coefficient (Wildman–Crippen LogP) is 3.50. The molecule has 0 unspecified atom stereocenters. The molecule has 0 aliphatic heterocycles. The van der Waals surface area contributed by atoms with E-state index in [2.05, 4.69) is 5.32 Å². The van der Waals surface area contributed by atoms with Crippen LogP contribution in [-0.2, 0) is 4.79 Å². The number of para-hydroxylation sites is 1. The van der Waals surface area contributed by atoms with Crippen LogP contribution in [0.3, 0.4) is 0 Å². The topological polar surface area (TPSA) is 56.8 Å². The number of nitrogens with one attached hydrogen (secondary N) is 1. The number of hydrogen-bond acceptors (Lipinski definition) is 4. The fourth-order valence-corrected chi connectivity index (χ4v) is 2.12. The molecule has 0 aromatic heterocycles. The fourth-order valence-electron chi connectivity index (χ4n) is 2.12. The maximum atomic E-state index is 12.4. The highest BCUT2D eigenvalue weighted by atomic mass is 16.5. The lowest BCUT2D eigenvalue weighted by molar-refractivity contribution is -0.122. The van der Waals surface area contributed by atoms with Crippen LogP contribution in [0.2, 0.25) is 0 Å². The van der Waals surface area contributed by atoms with Crippen molar-refractivity contribution >= 4 is 11.6 Å². The van der Waals surface area contributed by atoms with Crippen molar-refractivity contribution < 1.29 is 19.0 Å².